The molecule has 1 aromatic rings. The largest absolute Gasteiger partial charge is 0.256 e. The Balaban J connectivity index is 2.73. The zero-order valence-corrected chi connectivity index (χ0v) is 15.8. The van der Waals surface area contributed by atoms with Crippen molar-refractivity contribution in [3.05, 3.63) is 30.3 Å². The summed E-state index contributed by atoms with van der Waals surface area (Å²) in [5.41, 5.74) is 0. The van der Waals surface area contributed by atoms with E-state index < -0.39 is 16.7 Å². The van der Waals surface area contributed by atoms with Gasteiger partial charge in [0.15, 0.2) is 4.85 Å². The molecule has 94 valence electrons. The van der Waals surface area contributed by atoms with Gasteiger partial charge in [-0.2, -0.15) is 13.5 Å². The second-order valence-corrected chi connectivity index (χ2v) is 19.3. The van der Waals surface area contributed by atoms with Gasteiger partial charge in [0.05, 0.1) is 0 Å². The maximum atomic E-state index is 6.06. The minimum absolute atomic E-state index is 0.937. The van der Waals surface area contributed by atoms with Gasteiger partial charge >= 0.3 is 0 Å². The van der Waals surface area contributed by atoms with Crippen LogP contribution in [0.4, 0.5) is 0 Å². The van der Waals surface area contributed by atoms with Crippen molar-refractivity contribution in [3.63, 3.8) is 0 Å². The number of halogens is 5. The first-order valence-electron chi connectivity index (χ1n) is 4.18. The number of nitrogens with zero attached hydrogens (tertiary/aromatic N) is 3. The van der Waals surface area contributed by atoms with E-state index in [9.17, 15) is 0 Å². The van der Waals surface area contributed by atoms with Crippen LogP contribution in [0.5, 0.6) is 0 Å². The first-order valence-corrected chi connectivity index (χ1v) is 15.7. The Morgan fingerprint density at radius 3 is 1.88 bits per heavy atom. The zero-order valence-electron chi connectivity index (χ0n) is 7.96. The summed E-state index contributed by atoms with van der Waals surface area (Å²) in [5.74, 6) is -5.63. The smallest absolute Gasteiger partial charge is 0.199 e. The van der Waals surface area contributed by atoms with Crippen molar-refractivity contribution in [2.75, 3.05) is 0 Å². The molecule has 0 saturated heterocycles. The molecular weight excluding hydrogens is 476 g/mol. The van der Waals surface area contributed by atoms with Crippen LogP contribution >= 0.6 is 83.7 Å². The predicted molar refractivity (Wildman–Crippen MR) is 91.6 cm³/mol. The van der Waals surface area contributed by atoms with Crippen molar-refractivity contribution < 1.29 is 0 Å². The molecule has 0 spiro atoms. The van der Waals surface area contributed by atoms with Crippen LogP contribution in [-0.2, 0) is 0 Å². The highest BCUT2D eigenvalue weighted by atomic mass is 127. The minimum Gasteiger partial charge on any atom is -0.199 e. The normalized spacial score (nSPS) is 29.7. The number of hydrogen-bond acceptors (Lipinski definition) is 3. The van der Waals surface area contributed by atoms with Crippen molar-refractivity contribution in [1.29, 1.82) is 0 Å². The molecule has 1 aliphatic heterocycles. The quantitative estimate of drug-likeness (QED) is 0.292. The van der Waals surface area contributed by atoms with Gasteiger partial charge in [-0.25, -0.2) is 0 Å². The minimum atomic E-state index is -2.82. The Morgan fingerprint density at radius 2 is 1.35 bits per heavy atom. The molecule has 3 nitrogen and oxygen atoms in total. The maximum absolute atomic E-state index is 6.06. The lowest BCUT2D eigenvalue weighted by Gasteiger charge is -2.22. The average Bonchev–Trinajstić information content (AvgIpc) is 2.13. The van der Waals surface area contributed by atoms with E-state index >= 15 is 0 Å². The second-order valence-electron chi connectivity index (χ2n) is 3.04. The summed E-state index contributed by atoms with van der Waals surface area (Å²) in [5, 5.41) is 0.937. The number of rotatable bonds is 1. The fraction of sp³-hybridized carbons (Fsp3) is 0. The monoisotopic (exact) mass is 479 g/mol. The summed E-state index contributed by atoms with van der Waals surface area (Å²) < 4.78 is 12.7. The molecule has 1 unspecified atom stereocenters. The van der Waals surface area contributed by atoms with Crippen LogP contribution in [0.2, 0.25) is 0 Å². The van der Waals surface area contributed by atoms with E-state index in [4.69, 9.17) is 45.0 Å². The first kappa shape index (κ1) is 15.2. The molecule has 1 atom stereocenters. The highest BCUT2D eigenvalue weighted by Crippen LogP contribution is 2.86. The van der Waals surface area contributed by atoms with Crippen molar-refractivity contribution in [1.82, 2.24) is 0 Å². The lowest BCUT2D eigenvalue weighted by molar-refractivity contribution is 1.73. The van der Waals surface area contributed by atoms with E-state index in [2.05, 4.69) is 35.6 Å². The van der Waals surface area contributed by atoms with Crippen molar-refractivity contribution in [2.24, 2.45) is 13.5 Å². The molecule has 1 aromatic carbocycles. The fourth-order valence-electron chi connectivity index (χ4n) is 1.19. The average molecular weight is 481 g/mol. The first-order chi connectivity index (χ1) is 7.73. The summed E-state index contributed by atoms with van der Waals surface area (Å²) in [6.07, 6.45) is 0. The number of hydrogen-bond donors (Lipinski definition) is 0. The predicted octanol–water partition coefficient (Wildman–Crippen LogP) is 7.64. The van der Waals surface area contributed by atoms with Crippen LogP contribution in [0.3, 0.4) is 0 Å². The van der Waals surface area contributed by atoms with Gasteiger partial charge in [-0.05, 0) is 67.0 Å². The molecule has 1 aliphatic rings. The third kappa shape index (κ3) is 3.89. The van der Waals surface area contributed by atoms with Gasteiger partial charge in [-0.1, -0.05) is 30.3 Å². The summed E-state index contributed by atoms with van der Waals surface area (Å²) in [6.45, 7) is 0. The van der Waals surface area contributed by atoms with Crippen LogP contribution in [0, 0.1) is 0 Å². The lowest BCUT2D eigenvalue weighted by atomic mass is 10.4. The zero-order chi connectivity index (χ0) is 12.7. The second kappa shape index (κ2) is 5.30. The molecule has 2 rings (SSSR count). The Labute approximate surface area is 132 Å². The summed E-state index contributed by atoms with van der Waals surface area (Å²) in [6, 6.07) is 9.55. The topological polar surface area (TPSA) is 37.1 Å². The molecule has 0 aliphatic carbocycles. The molecule has 0 N–H and O–H groups in total. The van der Waals surface area contributed by atoms with E-state index in [0.29, 0.717) is 0 Å². The summed E-state index contributed by atoms with van der Waals surface area (Å²) in [7, 11) is 0. The van der Waals surface area contributed by atoms with Crippen LogP contribution in [0.25, 0.3) is 0 Å². The third-order valence-corrected chi connectivity index (χ3v) is 18.1. The molecular formula is C6H5Cl4IN3P3. The van der Waals surface area contributed by atoms with Crippen LogP contribution < -0.4 is 5.30 Å². The Bertz CT molecular complexity index is 597. The lowest BCUT2D eigenvalue weighted by Crippen LogP contribution is -1.97. The van der Waals surface area contributed by atoms with E-state index in [-0.39, 0.29) is 0 Å². The van der Waals surface area contributed by atoms with Gasteiger partial charge in [0.2, 0.25) is 0 Å². The van der Waals surface area contributed by atoms with Crippen molar-refractivity contribution >= 4 is 89.0 Å². The van der Waals surface area contributed by atoms with Gasteiger partial charge < -0.3 is 0 Å². The Kier molecular flexibility index (Phi) is 4.73. The van der Waals surface area contributed by atoms with Gasteiger partial charge in [-0.15, -0.1) is 0 Å². The molecule has 1 heterocycles. The third-order valence-electron chi connectivity index (χ3n) is 1.75. The summed E-state index contributed by atoms with van der Waals surface area (Å²) in [4.78, 5) is -2.26. The summed E-state index contributed by atoms with van der Waals surface area (Å²) >= 11 is 26.4. The van der Waals surface area contributed by atoms with Crippen LogP contribution in [0.15, 0.2) is 43.9 Å². The Hall–Kier alpha value is 1.80. The highest BCUT2D eigenvalue weighted by Gasteiger charge is 2.32. The van der Waals surface area contributed by atoms with E-state index in [0.717, 1.165) is 5.30 Å². The molecule has 17 heavy (non-hydrogen) atoms. The highest BCUT2D eigenvalue weighted by molar-refractivity contribution is 14.2. The Morgan fingerprint density at radius 1 is 0.824 bits per heavy atom. The number of benzene rings is 1. The molecule has 0 amide bonds. The molecule has 0 bridgehead atoms. The standard InChI is InChI=1S/C6H5Cl4IN3P3/c7-16(8)12-15(11,13-17(9,10)14-16)6-4-2-1-3-5-6/h1-5H. The molecule has 0 radical (unpaired) electrons. The van der Waals surface area contributed by atoms with Gasteiger partial charge in [0.25, 0.3) is 11.8 Å². The van der Waals surface area contributed by atoms with E-state index in [1.807, 2.05) is 30.3 Å². The maximum Gasteiger partial charge on any atom is 0.256 e. The van der Waals surface area contributed by atoms with Gasteiger partial charge in [-0.3, -0.25) is 0 Å². The van der Waals surface area contributed by atoms with Gasteiger partial charge in [0.1, 0.15) is 0 Å². The van der Waals surface area contributed by atoms with Crippen molar-refractivity contribution in [3.8, 4) is 0 Å². The molecule has 0 fully saturated rings. The molecule has 11 heteroatoms. The van der Waals surface area contributed by atoms with Crippen molar-refractivity contribution in [2.45, 2.75) is 0 Å². The van der Waals surface area contributed by atoms with Gasteiger partial charge in [0, 0.05) is 5.30 Å². The fourth-order valence-corrected chi connectivity index (χ4v) is 25.7. The molecule has 0 aromatic heterocycles. The van der Waals surface area contributed by atoms with E-state index in [1.165, 1.54) is 0 Å². The SMILES string of the molecule is ClP1(Cl)=NP(Cl)(Cl)=NP(I)(c2ccccc2)=N1. The van der Waals surface area contributed by atoms with Crippen LogP contribution in [0.1, 0.15) is 0 Å². The van der Waals surface area contributed by atoms with Crippen LogP contribution in [-0.4, -0.2) is 0 Å². The molecule has 0 saturated carbocycles. The van der Waals surface area contributed by atoms with E-state index in [1.54, 1.807) is 0 Å².